The number of alkyl halides is 1. The van der Waals surface area contributed by atoms with Gasteiger partial charge in [-0.25, -0.2) is 4.39 Å². The normalized spacial score (nSPS) is 12.5. The standard InChI is InChI=1S/C31H63FO3S.H3N/c1-3-5-7-9-11-12-13-14-15-16-17-18-19-20-21-22-24-26-28-30-35-36(33,34)31(32)29-27-25-23-10-8-6-4-2;/h31H,3-30H2,1-2H3;1H3. The van der Waals surface area contributed by atoms with Gasteiger partial charge in [0.15, 0.2) is 0 Å². The largest absolute Gasteiger partial charge is 0.344 e. The van der Waals surface area contributed by atoms with Gasteiger partial charge in [0.2, 0.25) is 5.50 Å². The van der Waals surface area contributed by atoms with Crippen LogP contribution in [-0.4, -0.2) is 20.5 Å². The van der Waals surface area contributed by atoms with Gasteiger partial charge in [-0.15, -0.1) is 0 Å². The van der Waals surface area contributed by atoms with Crippen molar-refractivity contribution in [1.82, 2.24) is 6.15 Å². The third-order valence-electron chi connectivity index (χ3n) is 7.34. The van der Waals surface area contributed by atoms with Gasteiger partial charge in [0.25, 0.3) is 10.1 Å². The number of rotatable bonds is 30. The molecule has 6 heteroatoms. The van der Waals surface area contributed by atoms with Crippen LogP contribution in [-0.2, 0) is 14.3 Å². The minimum absolute atomic E-state index is 0. The van der Waals surface area contributed by atoms with Crippen molar-refractivity contribution in [3.05, 3.63) is 0 Å². The van der Waals surface area contributed by atoms with Crippen LogP contribution in [0.3, 0.4) is 0 Å². The highest BCUT2D eigenvalue weighted by molar-refractivity contribution is 7.87. The highest BCUT2D eigenvalue weighted by Crippen LogP contribution is 2.18. The monoisotopic (exact) mass is 551 g/mol. The highest BCUT2D eigenvalue weighted by Gasteiger charge is 2.25. The Morgan fingerprint density at radius 2 is 0.757 bits per heavy atom. The quantitative estimate of drug-likeness (QED) is 0.0711. The minimum Gasteiger partial charge on any atom is -0.344 e. The van der Waals surface area contributed by atoms with E-state index in [1.54, 1.807) is 0 Å². The molecule has 0 spiro atoms. The van der Waals surface area contributed by atoms with Crippen LogP contribution in [0.15, 0.2) is 0 Å². The molecule has 0 bridgehead atoms. The Labute approximate surface area is 232 Å². The third-order valence-corrected chi connectivity index (χ3v) is 8.70. The van der Waals surface area contributed by atoms with E-state index in [4.69, 9.17) is 4.18 Å². The summed E-state index contributed by atoms with van der Waals surface area (Å²) in [4.78, 5) is 0. The number of hydrogen-bond acceptors (Lipinski definition) is 4. The van der Waals surface area contributed by atoms with Gasteiger partial charge in [0.05, 0.1) is 6.61 Å². The molecule has 0 saturated carbocycles. The molecule has 0 amide bonds. The fourth-order valence-electron chi connectivity index (χ4n) is 4.84. The smallest absolute Gasteiger partial charge is 0.299 e. The zero-order valence-corrected chi connectivity index (χ0v) is 25.9. The van der Waals surface area contributed by atoms with Crippen molar-refractivity contribution in [3.8, 4) is 0 Å². The summed E-state index contributed by atoms with van der Waals surface area (Å²) in [7, 11) is -4.05. The van der Waals surface area contributed by atoms with E-state index in [9.17, 15) is 12.8 Å². The minimum atomic E-state index is -4.05. The maximum Gasteiger partial charge on any atom is 0.299 e. The molecular formula is C31H66FNO3S. The number of unbranched alkanes of at least 4 members (excludes halogenated alkanes) is 24. The Hall–Kier alpha value is -0.200. The summed E-state index contributed by atoms with van der Waals surface area (Å²) < 4.78 is 42.8. The van der Waals surface area contributed by atoms with Gasteiger partial charge >= 0.3 is 0 Å². The van der Waals surface area contributed by atoms with Crippen LogP contribution in [0, 0.1) is 0 Å². The van der Waals surface area contributed by atoms with Crippen LogP contribution in [0.5, 0.6) is 0 Å². The molecule has 0 aliphatic heterocycles. The van der Waals surface area contributed by atoms with Gasteiger partial charge in [-0.1, -0.05) is 168 Å². The Morgan fingerprint density at radius 1 is 0.486 bits per heavy atom. The van der Waals surface area contributed by atoms with Crippen LogP contribution in [0.1, 0.15) is 187 Å². The van der Waals surface area contributed by atoms with Crippen molar-refractivity contribution in [2.24, 2.45) is 0 Å². The predicted octanol–water partition coefficient (Wildman–Crippen LogP) is 11.4. The summed E-state index contributed by atoms with van der Waals surface area (Å²) in [5, 5.41) is 0. The molecule has 0 rings (SSSR count). The molecule has 0 aliphatic rings. The first-order valence-electron chi connectivity index (χ1n) is 16.1. The highest BCUT2D eigenvalue weighted by atomic mass is 32.2. The molecular weight excluding hydrogens is 485 g/mol. The van der Waals surface area contributed by atoms with Gasteiger partial charge in [0, 0.05) is 0 Å². The van der Waals surface area contributed by atoms with Gasteiger partial charge in [-0.05, 0) is 19.3 Å². The second kappa shape index (κ2) is 30.3. The topological polar surface area (TPSA) is 78.4 Å². The molecule has 1 atom stereocenters. The van der Waals surface area contributed by atoms with Crippen LogP contribution >= 0.6 is 0 Å². The Morgan fingerprint density at radius 3 is 1.08 bits per heavy atom. The summed E-state index contributed by atoms with van der Waals surface area (Å²) >= 11 is 0. The predicted molar refractivity (Wildman–Crippen MR) is 161 cm³/mol. The zero-order valence-electron chi connectivity index (χ0n) is 25.1. The Bertz CT molecular complexity index is 531. The Balaban J connectivity index is 0. The molecule has 0 fully saturated rings. The SMILES string of the molecule is CCCCCCCCCCCCCCCCCCCCCOS(=O)(=O)C(F)CCCCCCCCC.N. The summed E-state index contributed by atoms with van der Waals surface area (Å²) in [5.41, 5.74) is -1.87. The van der Waals surface area contributed by atoms with E-state index in [1.807, 2.05) is 0 Å². The zero-order chi connectivity index (χ0) is 26.6. The maximum atomic E-state index is 14.0. The fraction of sp³-hybridized carbons (Fsp3) is 1.00. The molecule has 0 saturated heterocycles. The third kappa shape index (κ3) is 28.6. The fourth-order valence-corrected chi connectivity index (χ4v) is 5.79. The van der Waals surface area contributed by atoms with Gasteiger partial charge in [0.1, 0.15) is 0 Å². The summed E-state index contributed by atoms with van der Waals surface area (Å²) in [6, 6.07) is 0. The lowest BCUT2D eigenvalue weighted by Gasteiger charge is -2.10. The molecule has 37 heavy (non-hydrogen) atoms. The molecule has 0 aliphatic carbocycles. The van der Waals surface area contributed by atoms with E-state index in [0.717, 1.165) is 32.1 Å². The van der Waals surface area contributed by atoms with Crippen LogP contribution < -0.4 is 6.15 Å². The van der Waals surface area contributed by atoms with Gasteiger partial charge in [-0.2, -0.15) is 8.42 Å². The van der Waals surface area contributed by atoms with E-state index in [0.29, 0.717) is 12.8 Å². The molecule has 1 unspecified atom stereocenters. The van der Waals surface area contributed by atoms with E-state index in [2.05, 4.69) is 13.8 Å². The second-order valence-corrected chi connectivity index (χ2v) is 12.7. The summed E-state index contributed by atoms with van der Waals surface area (Å²) in [5.74, 6) is 0. The molecule has 0 aromatic carbocycles. The number of hydrogen-bond donors (Lipinski definition) is 1. The van der Waals surface area contributed by atoms with Crippen molar-refractivity contribution in [3.63, 3.8) is 0 Å². The molecule has 4 nitrogen and oxygen atoms in total. The van der Waals surface area contributed by atoms with Crippen LogP contribution in [0.25, 0.3) is 0 Å². The molecule has 0 heterocycles. The van der Waals surface area contributed by atoms with Gasteiger partial charge < -0.3 is 6.15 Å². The van der Waals surface area contributed by atoms with E-state index in [-0.39, 0.29) is 19.2 Å². The van der Waals surface area contributed by atoms with Crippen LogP contribution in [0.4, 0.5) is 4.39 Å². The Kier molecular flexibility index (Phi) is 31.9. The lowest BCUT2D eigenvalue weighted by Crippen LogP contribution is -2.19. The van der Waals surface area contributed by atoms with E-state index < -0.39 is 15.6 Å². The van der Waals surface area contributed by atoms with Crippen molar-refractivity contribution in [1.29, 1.82) is 0 Å². The molecule has 0 radical (unpaired) electrons. The summed E-state index contributed by atoms with van der Waals surface area (Å²) in [6.07, 6.45) is 32.3. The number of halogens is 1. The van der Waals surface area contributed by atoms with Crippen molar-refractivity contribution in [2.75, 3.05) is 6.61 Å². The second-order valence-electron chi connectivity index (χ2n) is 11.0. The first-order chi connectivity index (χ1) is 17.5. The summed E-state index contributed by atoms with van der Waals surface area (Å²) in [6.45, 7) is 4.58. The first kappa shape index (κ1) is 38.9. The lowest BCUT2D eigenvalue weighted by molar-refractivity contribution is 0.270. The maximum absolute atomic E-state index is 14.0. The van der Waals surface area contributed by atoms with Crippen molar-refractivity contribution in [2.45, 2.75) is 193 Å². The van der Waals surface area contributed by atoms with E-state index >= 15 is 0 Å². The first-order valence-corrected chi connectivity index (χ1v) is 17.5. The molecule has 3 N–H and O–H groups in total. The van der Waals surface area contributed by atoms with Gasteiger partial charge in [-0.3, -0.25) is 4.18 Å². The molecule has 226 valence electrons. The van der Waals surface area contributed by atoms with Crippen molar-refractivity contribution < 1.29 is 17.0 Å². The molecule has 0 aromatic rings. The average molecular weight is 552 g/mol. The lowest BCUT2D eigenvalue weighted by atomic mass is 10.0. The average Bonchev–Trinajstić information content (AvgIpc) is 2.86. The van der Waals surface area contributed by atoms with Crippen molar-refractivity contribution >= 4 is 10.1 Å². The molecule has 0 aromatic heterocycles. The van der Waals surface area contributed by atoms with Crippen LogP contribution in [0.2, 0.25) is 0 Å². The van der Waals surface area contributed by atoms with E-state index in [1.165, 1.54) is 122 Å².